The predicted octanol–water partition coefficient (Wildman–Crippen LogP) is 2.22. The Balaban J connectivity index is 1.86. The normalized spacial score (nSPS) is 21.5. The van der Waals surface area contributed by atoms with Gasteiger partial charge in [-0.1, -0.05) is 23.7 Å². The highest BCUT2D eigenvalue weighted by Gasteiger charge is 2.31. The standard InChI is InChI=1S/C16H21ClN2O3/c1-11-6-7-12(16(18)21)10-19(11)15(20)8-9-22-14-5-3-2-4-13(14)17/h2-5,11-12H,6-10H2,1H3,(H2,18,21)/t11-,12+/m0/s1. The van der Waals surface area contributed by atoms with Crippen LogP contribution >= 0.6 is 11.6 Å². The second kappa shape index (κ2) is 7.49. The number of nitrogens with two attached hydrogens (primary N) is 1. The molecule has 1 heterocycles. The van der Waals surface area contributed by atoms with E-state index in [1.165, 1.54) is 0 Å². The van der Waals surface area contributed by atoms with Crippen molar-refractivity contribution in [3.05, 3.63) is 29.3 Å². The molecule has 2 rings (SSSR count). The number of para-hydroxylation sites is 1. The molecule has 2 amide bonds. The zero-order valence-corrected chi connectivity index (χ0v) is 13.4. The molecule has 1 aliphatic rings. The maximum absolute atomic E-state index is 12.3. The Bertz CT molecular complexity index is 550. The lowest BCUT2D eigenvalue weighted by atomic mass is 9.92. The molecule has 0 bridgehead atoms. The van der Waals surface area contributed by atoms with E-state index in [1.807, 2.05) is 19.1 Å². The Hall–Kier alpha value is -1.75. The number of hydrogen-bond donors (Lipinski definition) is 1. The van der Waals surface area contributed by atoms with Gasteiger partial charge in [0.05, 0.1) is 24.0 Å². The van der Waals surface area contributed by atoms with Crippen molar-refractivity contribution in [3.63, 3.8) is 0 Å². The minimum atomic E-state index is -0.336. The van der Waals surface area contributed by atoms with Crippen molar-refractivity contribution in [2.75, 3.05) is 13.2 Å². The number of piperidine rings is 1. The first-order valence-electron chi connectivity index (χ1n) is 7.45. The molecule has 0 unspecified atom stereocenters. The lowest BCUT2D eigenvalue weighted by molar-refractivity contribution is -0.138. The summed E-state index contributed by atoms with van der Waals surface area (Å²) in [6.45, 7) is 2.65. The van der Waals surface area contributed by atoms with E-state index < -0.39 is 0 Å². The van der Waals surface area contributed by atoms with Gasteiger partial charge in [-0.05, 0) is 31.9 Å². The summed E-state index contributed by atoms with van der Waals surface area (Å²) < 4.78 is 5.54. The highest BCUT2D eigenvalue weighted by atomic mass is 35.5. The van der Waals surface area contributed by atoms with Crippen molar-refractivity contribution in [2.24, 2.45) is 11.7 Å². The fourth-order valence-electron chi connectivity index (χ4n) is 2.64. The molecule has 0 aromatic heterocycles. The fourth-order valence-corrected chi connectivity index (χ4v) is 2.83. The summed E-state index contributed by atoms with van der Waals surface area (Å²) in [4.78, 5) is 25.4. The van der Waals surface area contributed by atoms with Gasteiger partial charge >= 0.3 is 0 Å². The molecule has 5 nitrogen and oxygen atoms in total. The van der Waals surface area contributed by atoms with Crippen LogP contribution in [0.25, 0.3) is 0 Å². The summed E-state index contributed by atoms with van der Waals surface area (Å²) in [5.41, 5.74) is 5.35. The van der Waals surface area contributed by atoms with Crippen molar-refractivity contribution in [2.45, 2.75) is 32.2 Å². The van der Waals surface area contributed by atoms with Crippen LogP contribution in [0, 0.1) is 5.92 Å². The number of halogens is 1. The second-order valence-corrected chi connectivity index (χ2v) is 6.01. The van der Waals surface area contributed by atoms with Crippen molar-refractivity contribution >= 4 is 23.4 Å². The van der Waals surface area contributed by atoms with E-state index in [4.69, 9.17) is 22.1 Å². The lowest BCUT2D eigenvalue weighted by Gasteiger charge is -2.37. The lowest BCUT2D eigenvalue weighted by Crippen LogP contribution is -2.48. The Morgan fingerprint density at radius 3 is 2.77 bits per heavy atom. The molecule has 0 radical (unpaired) electrons. The molecule has 0 saturated carbocycles. The van der Waals surface area contributed by atoms with E-state index in [0.29, 0.717) is 17.3 Å². The van der Waals surface area contributed by atoms with Crippen molar-refractivity contribution in [3.8, 4) is 5.75 Å². The third-order valence-electron chi connectivity index (χ3n) is 4.01. The monoisotopic (exact) mass is 324 g/mol. The second-order valence-electron chi connectivity index (χ2n) is 5.60. The predicted molar refractivity (Wildman–Crippen MR) is 84.7 cm³/mol. The van der Waals surface area contributed by atoms with E-state index >= 15 is 0 Å². The number of hydrogen-bond acceptors (Lipinski definition) is 3. The van der Waals surface area contributed by atoms with Gasteiger partial charge in [-0.3, -0.25) is 9.59 Å². The molecule has 22 heavy (non-hydrogen) atoms. The summed E-state index contributed by atoms with van der Waals surface area (Å²) in [5.74, 6) is -0.0363. The fraction of sp³-hybridized carbons (Fsp3) is 0.500. The average Bonchev–Trinajstić information content (AvgIpc) is 2.49. The zero-order valence-electron chi connectivity index (χ0n) is 12.6. The molecule has 120 valence electrons. The van der Waals surface area contributed by atoms with Gasteiger partial charge in [-0.25, -0.2) is 0 Å². The maximum atomic E-state index is 12.3. The SMILES string of the molecule is C[C@H]1CC[C@@H](C(N)=O)CN1C(=O)CCOc1ccccc1Cl. The van der Waals surface area contributed by atoms with Crippen LogP contribution in [-0.4, -0.2) is 35.9 Å². The topological polar surface area (TPSA) is 72.6 Å². The molecular formula is C16H21ClN2O3. The molecular weight excluding hydrogens is 304 g/mol. The van der Waals surface area contributed by atoms with Gasteiger partial charge in [-0.15, -0.1) is 0 Å². The van der Waals surface area contributed by atoms with Gasteiger partial charge in [-0.2, -0.15) is 0 Å². The van der Waals surface area contributed by atoms with Gasteiger partial charge in [0.15, 0.2) is 0 Å². The molecule has 1 saturated heterocycles. The van der Waals surface area contributed by atoms with E-state index in [9.17, 15) is 9.59 Å². The van der Waals surface area contributed by atoms with E-state index in [2.05, 4.69) is 0 Å². The smallest absolute Gasteiger partial charge is 0.226 e. The molecule has 1 aromatic rings. The number of rotatable bonds is 5. The highest BCUT2D eigenvalue weighted by molar-refractivity contribution is 6.32. The number of benzene rings is 1. The van der Waals surface area contributed by atoms with Gasteiger partial charge in [0.2, 0.25) is 11.8 Å². The van der Waals surface area contributed by atoms with E-state index in [1.54, 1.807) is 17.0 Å². The summed E-state index contributed by atoms with van der Waals surface area (Å²) in [7, 11) is 0. The van der Waals surface area contributed by atoms with Crippen LogP contribution < -0.4 is 10.5 Å². The Morgan fingerprint density at radius 2 is 2.09 bits per heavy atom. The molecule has 1 fully saturated rings. The first-order chi connectivity index (χ1) is 10.5. The Morgan fingerprint density at radius 1 is 1.36 bits per heavy atom. The first kappa shape index (κ1) is 16.6. The van der Waals surface area contributed by atoms with Crippen LogP contribution in [0.5, 0.6) is 5.75 Å². The van der Waals surface area contributed by atoms with Gasteiger partial charge in [0.1, 0.15) is 5.75 Å². The van der Waals surface area contributed by atoms with Crippen LogP contribution in [-0.2, 0) is 9.59 Å². The number of carbonyl (C=O) groups is 2. The van der Waals surface area contributed by atoms with Crippen LogP contribution in [0.3, 0.4) is 0 Å². The van der Waals surface area contributed by atoms with Gasteiger partial charge in [0, 0.05) is 12.6 Å². The minimum Gasteiger partial charge on any atom is -0.491 e. The number of amides is 2. The molecule has 0 aliphatic carbocycles. The Kier molecular flexibility index (Phi) is 5.66. The highest BCUT2D eigenvalue weighted by Crippen LogP contribution is 2.24. The van der Waals surface area contributed by atoms with E-state index in [-0.39, 0.29) is 36.8 Å². The molecule has 1 aromatic carbocycles. The molecule has 0 spiro atoms. The molecule has 2 N–H and O–H groups in total. The number of ether oxygens (including phenoxy) is 1. The maximum Gasteiger partial charge on any atom is 0.226 e. The number of carbonyl (C=O) groups excluding carboxylic acids is 2. The van der Waals surface area contributed by atoms with Crippen molar-refractivity contribution in [1.82, 2.24) is 4.90 Å². The minimum absolute atomic E-state index is 0.0227. The quantitative estimate of drug-likeness (QED) is 0.902. The first-order valence-corrected chi connectivity index (χ1v) is 7.83. The van der Waals surface area contributed by atoms with Crippen LogP contribution in [0.1, 0.15) is 26.2 Å². The van der Waals surface area contributed by atoms with Crippen LogP contribution in [0.2, 0.25) is 5.02 Å². The average molecular weight is 325 g/mol. The summed E-state index contributed by atoms with van der Waals surface area (Å²) in [5, 5.41) is 0.523. The van der Waals surface area contributed by atoms with Crippen LogP contribution in [0.4, 0.5) is 0 Å². The van der Waals surface area contributed by atoms with Gasteiger partial charge < -0.3 is 15.4 Å². The summed E-state index contributed by atoms with van der Waals surface area (Å²) >= 11 is 5.99. The summed E-state index contributed by atoms with van der Waals surface area (Å²) in [6, 6.07) is 7.28. The van der Waals surface area contributed by atoms with Gasteiger partial charge in [0.25, 0.3) is 0 Å². The zero-order chi connectivity index (χ0) is 16.1. The Labute approximate surface area is 135 Å². The van der Waals surface area contributed by atoms with Crippen molar-refractivity contribution in [1.29, 1.82) is 0 Å². The summed E-state index contributed by atoms with van der Waals surface area (Å²) in [6.07, 6.45) is 1.79. The third-order valence-corrected chi connectivity index (χ3v) is 4.33. The number of primary amides is 1. The molecule has 2 atom stereocenters. The third kappa shape index (κ3) is 4.13. The van der Waals surface area contributed by atoms with E-state index in [0.717, 1.165) is 12.8 Å². The molecule has 6 heteroatoms. The number of likely N-dealkylation sites (tertiary alicyclic amines) is 1. The largest absolute Gasteiger partial charge is 0.491 e. The number of nitrogens with zero attached hydrogens (tertiary/aromatic N) is 1. The molecule has 1 aliphatic heterocycles. The van der Waals surface area contributed by atoms with Crippen molar-refractivity contribution < 1.29 is 14.3 Å². The van der Waals surface area contributed by atoms with Crippen LogP contribution in [0.15, 0.2) is 24.3 Å².